The van der Waals surface area contributed by atoms with Gasteiger partial charge >= 0.3 is 18.0 Å². The fraction of sp³-hybridized carbons (Fsp3) is 0.391. The van der Waals surface area contributed by atoms with E-state index in [0.29, 0.717) is 18.6 Å². The van der Waals surface area contributed by atoms with Gasteiger partial charge in [0.05, 0.1) is 0 Å². The van der Waals surface area contributed by atoms with E-state index in [2.05, 4.69) is 6.58 Å². The zero-order chi connectivity index (χ0) is 23.7. The van der Waals surface area contributed by atoms with Crippen LogP contribution in [-0.4, -0.2) is 19.6 Å². The highest BCUT2D eigenvalue weighted by atomic mass is 19.4. The Hall–Kier alpha value is -2.25. The lowest BCUT2D eigenvalue weighted by molar-refractivity contribution is -0.348. The number of hydrogen-bond donors (Lipinski definition) is 0. The van der Waals surface area contributed by atoms with E-state index in [1.54, 1.807) is 19.9 Å². The Balaban J connectivity index is 2.44. The molecule has 0 spiro atoms. The molecule has 8 heteroatoms. The minimum atomic E-state index is -6.14. The maximum atomic E-state index is 14.5. The summed E-state index contributed by atoms with van der Waals surface area (Å²) in [6.07, 6.45) is -9.93. The van der Waals surface area contributed by atoms with Gasteiger partial charge in [-0.2, -0.15) is 26.3 Å². The fourth-order valence-electron chi connectivity index (χ4n) is 3.55. The van der Waals surface area contributed by atoms with E-state index in [0.717, 1.165) is 17.2 Å². The molecule has 0 aliphatic carbocycles. The minimum absolute atomic E-state index is 0.113. The lowest BCUT2D eigenvalue weighted by atomic mass is 9.43. The topological polar surface area (TPSA) is 0 Å². The summed E-state index contributed by atoms with van der Waals surface area (Å²) in [5.74, 6) is -0.113. The van der Waals surface area contributed by atoms with E-state index in [9.17, 15) is 30.7 Å². The molecule has 1 radical (unpaired) electrons. The van der Waals surface area contributed by atoms with Crippen molar-refractivity contribution >= 4 is 13.4 Å². The first-order chi connectivity index (χ1) is 14.2. The van der Waals surface area contributed by atoms with Crippen LogP contribution in [-0.2, 0) is 11.0 Å². The molecular formula is C23H23BF7. The second-order valence-corrected chi connectivity index (χ2v) is 8.01. The molecule has 2 aromatic carbocycles. The summed E-state index contributed by atoms with van der Waals surface area (Å²) in [5, 5.41) is -0.925. The summed E-state index contributed by atoms with van der Waals surface area (Å²) in [7, 11) is 1.86. The van der Waals surface area contributed by atoms with E-state index in [4.69, 9.17) is 0 Å². The molecule has 0 N–H and O–H groups in total. The van der Waals surface area contributed by atoms with Crippen molar-refractivity contribution in [3.63, 3.8) is 0 Å². The van der Waals surface area contributed by atoms with Gasteiger partial charge in [-0.25, -0.2) is 4.39 Å². The monoisotopic (exact) mass is 443 g/mol. The molecule has 0 amide bonds. The van der Waals surface area contributed by atoms with Gasteiger partial charge in [0, 0.05) is 5.56 Å². The molecule has 0 saturated carbocycles. The summed E-state index contributed by atoms with van der Waals surface area (Å²) in [5.41, 5.74) is -4.90. The van der Waals surface area contributed by atoms with Crippen LogP contribution in [0.25, 0.3) is 6.08 Å². The summed E-state index contributed by atoms with van der Waals surface area (Å²) in [6, 6.07) is 11.1. The highest BCUT2D eigenvalue weighted by Crippen LogP contribution is 2.53. The first-order valence-corrected chi connectivity index (χ1v) is 9.69. The van der Waals surface area contributed by atoms with Crippen LogP contribution in [0.1, 0.15) is 55.3 Å². The highest BCUT2D eigenvalue weighted by Gasteiger charge is 2.73. The van der Waals surface area contributed by atoms with Crippen LogP contribution in [0.2, 0.25) is 0 Å². The molecule has 0 saturated heterocycles. The Labute approximate surface area is 178 Å². The van der Waals surface area contributed by atoms with Crippen molar-refractivity contribution in [2.75, 3.05) is 0 Å². The van der Waals surface area contributed by atoms with Crippen molar-refractivity contribution in [3.05, 3.63) is 77.4 Å². The van der Waals surface area contributed by atoms with Crippen LogP contribution in [0.5, 0.6) is 0 Å². The lowest BCUT2D eigenvalue weighted by Crippen LogP contribution is -2.50. The van der Waals surface area contributed by atoms with Crippen molar-refractivity contribution in [2.45, 2.75) is 56.3 Å². The first-order valence-electron chi connectivity index (χ1n) is 9.69. The SMILES string of the molecule is C=Cc1ccc(C([B]C(C)(C)c2cccc(C(F)(C(F)(F)F)C(F)(F)F)c2)CC)cc1. The summed E-state index contributed by atoms with van der Waals surface area (Å²) in [6.45, 7) is 8.96. The van der Waals surface area contributed by atoms with Crippen LogP contribution in [0.15, 0.2) is 55.1 Å². The van der Waals surface area contributed by atoms with Crippen LogP contribution >= 0.6 is 0 Å². The van der Waals surface area contributed by atoms with E-state index in [1.807, 2.05) is 38.5 Å². The quantitative estimate of drug-likeness (QED) is 0.304. The van der Waals surface area contributed by atoms with Crippen molar-refractivity contribution in [1.29, 1.82) is 0 Å². The number of halogens is 7. The molecule has 2 aromatic rings. The smallest absolute Gasteiger partial charge is 0.218 e. The molecule has 0 nitrogen and oxygen atoms in total. The van der Waals surface area contributed by atoms with Gasteiger partial charge in [-0.05, 0) is 22.3 Å². The Morgan fingerprint density at radius 1 is 0.871 bits per heavy atom. The van der Waals surface area contributed by atoms with E-state index in [1.165, 1.54) is 6.07 Å². The average molecular weight is 443 g/mol. The van der Waals surface area contributed by atoms with Crippen LogP contribution in [0.3, 0.4) is 0 Å². The molecule has 31 heavy (non-hydrogen) atoms. The summed E-state index contributed by atoms with van der Waals surface area (Å²) in [4.78, 5) is 0. The Bertz CT molecular complexity index is 881. The van der Waals surface area contributed by atoms with Gasteiger partial charge in [0.25, 0.3) is 0 Å². The van der Waals surface area contributed by atoms with E-state index >= 15 is 0 Å². The standard InChI is InChI=1S/C23H23BF7/c1-5-15-10-12-16(13-11-15)19(6-2)24-20(3,4)17-8-7-9-18(14-17)21(25,22(26,27)28)23(29,30)31/h5,7-14,19H,1,6H2,2-4H3. The molecular weight excluding hydrogens is 420 g/mol. The molecule has 0 aromatic heterocycles. The Morgan fingerprint density at radius 2 is 1.39 bits per heavy atom. The maximum Gasteiger partial charge on any atom is 0.435 e. The van der Waals surface area contributed by atoms with Crippen molar-refractivity contribution < 1.29 is 30.7 Å². The number of alkyl halides is 7. The zero-order valence-electron chi connectivity index (χ0n) is 17.4. The third kappa shape index (κ3) is 4.99. The van der Waals surface area contributed by atoms with Crippen LogP contribution in [0, 0.1) is 0 Å². The second kappa shape index (κ2) is 8.71. The summed E-state index contributed by atoms with van der Waals surface area (Å²) < 4.78 is 93.4. The largest absolute Gasteiger partial charge is 0.435 e. The number of rotatable bonds is 7. The molecule has 1 atom stereocenters. The molecule has 167 valence electrons. The molecule has 2 rings (SSSR count). The number of hydrogen-bond acceptors (Lipinski definition) is 0. The average Bonchev–Trinajstić information content (AvgIpc) is 2.70. The van der Waals surface area contributed by atoms with Crippen molar-refractivity contribution in [2.24, 2.45) is 0 Å². The first kappa shape index (κ1) is 25.0. The van der Waals surface area contributed by atoms with Gasteiger partial charge in [-0.3, -0.25) is 0 Å². The van der Waals surface area contributed by atoms with Gasteiger partial charge in [0.15, 0.2) is 0 Å². The normalized spacial score (nSPS) is 14.3. The molecule has 0 heterocycles. The van der Waals surface area contributed by atoms with Gasteiger partial charge in [0.2, 0.25) is 0 Å². The Morgan fingerprint density at radius 3 is 1.84 bits per heavy atom. The van der Waals surface area contributed by atoms with Gasteiger partial charge < -0.3 is 0 Å². The lowest BCUT2D eigenvalue weighted by Gasteiger charge is -2.33. The molecule has 0 fully saturated rings. The Kier molecular flexibility index (Phi) is 7.03. The zero-order valence-corrected chi connectivity index (χ0v) is 17.4. The molecule has 1 unspecified atom stereocenters. The minimum Gasteiger partial charge on any atom is -0.218 e. The molecule has 0 bridgehead atoms. The highest BCUT2D eigenvalue weighted by molar-refractivity contribution is 6.42. The third-order valence-electron chi connectivity index (χ3n) is 5.44. The predicted octanol–water partition coefficient (Wildman–Crippen LogP) is 7.71. The third-order valence-corrected chi connectivity index (χ3v) is 5.44. The summed E-state index contributed by atoms with van der Waals surface area (Å²) >= 11 is 0. The van der Waals surface area contributed by atoms with Crippen LogP contribution in [0.4, 0.5) is 30.7 Å². The van der Waals surface area contributed by atoms with E-state index < -0.39 is 28.9 Å². The fourth-order valence-corrected chi connectivity index (χ4v) is 3.55. The molecule has 0 aliphatic rings. The van der Waals surface area contributed by atoms with Gasteiger partial charge in [-0.1, -0.05) is 93.9 Å². The number of benzene rings is 2. The molecule has 0 aliphatic heterocycles. The van der Waals surface area contributed by atoms with Crippen LogP contribution < -0.4 is 0 Å². The van der Waals surface area contributed by atoms with Gasteiger partial charge in [-0.15, -0.1) is 0 Å². The van der Waals surface area contributed by atoms with E-state index in [-0.39, 0.29) is 11.4 Å². The maximum absolute atomic E-state index is 14.5. The second-order valence-electron chi connectivity index (χ2n) is 8.01. The van der Waals surface area contributed by atoms with Crippen molar-refractivity contribution in [1.82, 2.24) is 0 Å². The predicted molar refractivity (Wildman–Crippen MR) is 110 cm³/mol. The van der Waals surface area contributed by atoms with Crippen molar-refractivity contribution in [3.8, 4) is 0 Å². The van der Waals surface area contributed by atoms with Gasteiger partial charge in [0.1, 0.15) is 7.28 Å².